The van der Waals surface area contributed by atoms with E-state index in [1.54, 1.807) is 6.07 Å². The molecule has 1 unspecified atom stereocenters. The van der Waals surface area contributed by atoms with Crippen LogP contribution in [0.25, 0.3) is 22.3 Å². The largest absolute Gasteiger partial charge is 0.504 e. The predicted molar refractivity (Wildman–Crippen MR) is 96.4 cm³/mol. The molecule has 1 aromatic rings. The molecule has 4 N–H and O–H groups in total. The second kappa shape index (κ2) is 6.19. The SMILES string of the molecule is O=C(O)[C@@H]1CCCCC1c1c2ccc(=O)c(O)c-2oc2c(O)c(O)ccc12. The number of rotatable bonds is 2. The van der Waals surface area contributed by atoms with Gasteiger partial charge in [-0.3, -0.25) is 9.59 Å². The van der Waals surface area contributed by atoms with Gasteiger partial charge in [0.15, 0.2) is 17.1 Å². The summed E-state index contributed by atoms with van der Waals surface area (Å²) in [6, 6.07) is 5.58. The van der Waals surface area contributed by atoms with Gasteiger partial charge in [0.05, 0.1) is 5.92 Å². The van der Waals surface area contributed by atoms with Crippen LogP contribution in [0.5, 0.6) is 17.2 Å². The van der Waals surface area contributed by atoms with Crippen LogP contribution < -0.4 is 5.43 Å². The number of hydrogen-bond acceptors (Lipinski definition) is 6. The lowest BCUT2D eigenvalue weighted by Crippen LogP contribution is -2.26. The summed E-state index contributed by atoms with van der Waals surface area (Å²) >= 11 is 0. The van der Waals surface area contributed by atoms with E-state index in [2.05, 4.69) is 0 Å². The van der Waals surface area contributed by atoms with Gasteiger partial charge in [-0.2, -0.15) is 0 Å². The van der Waals surface area contributed by atoms with E-state index < -0.39 is 34.6 Å². The first-order valence-electron chi connectivity index (χ1n) is 8.76. The summed E-state index contributed by atoms with van der Waals surface area (Å²) in [5, 5.41) is 40.4. The molecule has 0 spiro atoms. The summed E-state index contributed by atoms with van der Waals surface area (Å²) in [7, 11) is 0. The van der Waals surface area contributed by atoms with Gasteiger partial charge in [0.1, 0.15) is 0 Å². The summed E-state index contributed by atoms with van der Waals surface area (Å²) in [5.74, 6) is -3.58. The van der Waals surface area contributed by atoms with Crippen LogP contribution in [0.4, 0.5) is 0 Å². The van der Waals surface area contributed by atoms with Gasteiger partial charge in [-0.1, -0.05) is 12.8 Å². The van der Waals surface area contributed by atoms with Crippen LogP contribution in [0.2, 0.25) is 0 Å². The van der Waals surface area contributed by atoms with E-state index in [1.165, 1.54) is 18.2 Å². The molecule has 1 aliphatic heterocycles. The van der Waals surface area contributed by atoms with E-state index in [9.17, 15) is 30.0 Å². The Bertz CT molecular complexity index is 1080. The predicted octanol–water partition coefficient (Wildman–Crippen LogP) is 3.37. The Morgan fingerprint density at radius 3 is 2.48 bits per heavy atom. The molecule has 140 valence electrons. The lowest BCUT2D eigenvalue weighted by molar-refractivity contribution is -0.143. The van der Waals surface area contributed by atoms with Crippen molar-refractivity contribution in [1.82, 2.24) is 0 Å². The van der Waals surface area contributed by atoms with E-state index in [-0.39, 0.29) is 17.3 Å². The van der Waals surface area contributed by atoms with Crippen molar-refractivity contribution < 1.29 is 29.6 Å². The van der Waals surface area contributed by atoms with Crippen LogP contribution in [0, 0.1) is 5.92 Å². The second-order valence-corrected chi connectivity index (χ2v) is 6.95. The van der Waals surface area contributed by atoms with E-state index in [0.29, 0.717) is 29.4 Å². The first kappa shape index (κ1) is 17.2. The van der Waals surface area contributed by atoms with Gasteiger partial charge in [0.2, 0.25) is 16.9 Å². The van der Waals surface area contributed by atoms with Gasteiger partial charge in [-0.05, 0) is 48.6 Å². The first-order chi connectivity index (χ1) is 12.9. The van der Waals surface area contributed by atoms with E-state index >= 15 is 0 Å². The molecule has 7 heteroatoms. The minimum absolute atomic E-state index is 0.0897. The molecule has 2 aliphatic carbocycles. The van der Waals surface area contributed by atoms with Gasteiger partial charge in [-0.15, -0.1) is 0 Å². The number of carboxylic acid groups (broad SMARTS) is 1. The fraction of sp³-hybridized carbons (Fsp3) is 0.300. The van der Waals surface area contributed by atoms with Crippen molar-refractivity contribution in [3.63, 3.8) is 0 Å². The third-order valence-corrected chi connectivity index (χ3v) is 5.44. The lowest BCUT2D eigenvalue weighted by atomic mass is 9.73. The van der Waals surface area contributed by atoms with Crippen molar-refractivity contribution in [1.29, 1.82) is 0 Å². The average Bonchev–Trinajstić information content (AvgIpc) is 2.66. The zero-order valence-corrected chi connectivity index (χ0v) is 14.3. The third kappa shape index (κ3) is 2.58. The smallest absolute Gasteiger partial charge is 0.307 e. The topological polar surface area (TPSA) is 128 Å². The highest BCUT2D eigenvalue weighted by Gasteiger charge is 2.36. The normalized spacial score (nSPS) is 20.1. The highest BCUT2D eigenvalue weighted by molar-refractivity contribution is 5.95. The van der Waals surface area contributed by atoms with Gasteiger partial charge in [0, 0.05) is 10.9 Å². The number of fused-ring (bicyclic) bond motifs is 2. The van der Waals surface area contributed by atoms with Crippen molar-refractivity contribution in [2.45, 2.75) is 31.6 Å². The van der Waals surface area contributed by atoms with Crippen LogP contribution in [-0.4, -0.2) is 26.4 Å². The van der Waals surface area contributed by atoms with Crippen LogP contribution >= 0.6 is 0 Å². The standard InChI is InChI=1S/C20H18O7/c21-13-7-5-11-15(9-3-1-2-4-10(9)20(25)26)12-6-8-14(22)17(24)19(12)27-18(11)16(13)23/h5-10,21,23-24H,1-4H2,(H,25,26)/t9?,10-/m1/s1. The Morgan fingerprint density at radius 1 is 1.00 bits per heavy atom. The molecular weight excluding hydrogens is 352 g/mol. The minimum atomic E-state index is -0.908. The molecule has 1 fully saturated rings. The van der Waals surface area contributed by atoms with Crippen LogP contribution in [-0.2, 0) is 4.79 Å². The molecule has 0 aromatic heterocycles. The molecule has 1 aromatic carbocycles. The summed E-state index contributed by atoms with van der Waals surface area (Å²) < 4.78 is 5.59. The minimum Gasteiger partial charge on any atom is -0.504 e. The molecule has 0 bridgehead atoms. The Balaban J connectivity index is 2.13. The van der Waals surface area contributed by atoms with Crippen molar-refractivity contribution in [3.8, 4) is 28.6 Å². The van der Waals surface area contributed by atoms with Gasteiger partial charge < -0.3 is 24.8 Å². The molecule has 4 rings (SSSR count). The number of carbonyl (C=O) groups is 1. The highest BCUT2D eigenvalue weighted by Crippen LogP contribution is 2.49. The van der Waals surface area contributed by atoms with Gasteiger partial charge >= 0.3 is 5.97 Å². The van der Waals surface area contributed by atoms with Crippen molar-refractivity contribution >= 4 is 16.9 Å². The maximum Gasteiger partial charge on any atom is 0.307 e. The Labute approximate surface area is 153 Å². The quantitative estimate of drug-likeness (QED) is 0.402. The average molecular weight is 370 g/mol. The third-order valence-electron chi connectivity index (χ3n) is 5.44. The van der Waals surface area contributed by atoms with Gasteiger partial charge in [0.25, 0.3) is 0 Å². The molecule has 3 aliphatic rings. The number of aromatic hydroxyl groups is 3. The zero-order valence-electron chi connectivity index (χ0n) is 14.3. The molecule has 0 radical (unpaired) electrons. The van der Waals surface area contributed by atoms with Crippen molar-refractivity contribution in [2.75, 3.05) is 0 Å². The van der Waals surface area contributed by atoms with E-state index in [1.807, 2.05) is 0 Å². The second-order valence-electron chi connectivity index (χ2n) is 6.95. The van der Waals surface area contributed by atoms with Gasteiger partial charge in [-0.25, -0.2) is 0 Å². The number of benzene rings is 2. The molecule has 1 heterocycles. The summed E-state index contributed by atoms with van der Waals surface area (Å²) in [6.45, 7) is 0. The van der Waals surface area contributed by atoms with Crippen LogP contribution in [0.15, 0.2) is 33.5 Å². The lowest BCUT2D eigenvalue weighted by Gasteiger charge is -2.31. The first-order valence-corrected chi connectivity index (χ1v) is 8.76. The highest BCUT2D eigenvalue weighted by atomic mass is 16.4. The Kier molecular flexibility index (Phi) is 3.95. The van der Waals surface area contributed by atoms with E-state index in [0.717, 1.165) is 12.8 Å². The molecule has 27 heavy (non-hydrogen) atoms. The summed E-state index contributed by atoms with van der Waals surface area (Å²) in [6.07, 6.45) is 2.79. The monoisotopic (exact) mass is 370 g/mol. The maximum absolute atomic E-state index is 11.9. The number of aliphatic carboxylic acids is 1. The fourth-order valence-electron chi connectivity index (χ4n) is 4.16. The fourth-order valence-corrected chi connectivity index (χ4v) is 4.16. The number of phenols is 3. The molecular formula is C20H18O7. The maximum atomic E-state index is 11.9. The molecule has 2 atom stereocenters. The number of carboxylic acids is 1. The summed E-state index contributed by atoms with van der Waals surface area (Å²) in [5.41, 5.74) is 0.300. The van der Waals surface area contributed by atoms with Crippen molar-refractivity contribution in [3.05, 3.63) is 40.1 Å². The van der Waals surface area contributed by atoms with Crippen LogP contribution in [0.1, 0.15) is 37.2 Å². The number of phenolic OH excluding ortho intramolecular Hbond substituents is 3. The Morgan fingerprint density at radius 2 is 1.74 bits per heavy atom. The molecule has 7 nitrogen and oxygen atoms in total. The molecule has 0 amide bonds. The Hall–Kier alpha value is -3.22. The number of hydrogen-bond donors (Lipinski definition) is 4. The molecule has 0 saturated heterocycles. The van der Waals surface area contributed by atoms with Crippen LogP contribution in [0.3, 0.4) is 0 Å². The van der Waals surface area contributed by atoms with E-state index in [4.69, 9.17) is 4.42 Å². The van der Waals surface area contributed by atoms with Crippen molar-refractivity contribution in [2.24, 2.45) is 5.92 Å². The molecule has 1 saturated carbocycles. The summed E-state index contributed by atoms with van der Waals surface area (Å²) in [4.78, 5) is 23.7. The zero-order chi connectivity index (χ0) is 19.3.